The third-order valence-corrected chi connectivity index (χ3v) is 3.87. The summed E-state index contributed by atoms with van der Waals surface area (Å²) in [7, 11) is 3.00. The minimum absolute atomic E-state index is 0.147. The molecular formula is C19H24N2O5. The van der Waals surface area contributed by atoms with Crippen molar-refractivity contribution in [3.63, 3.8) is 0 Å². The number of nitrogens with zero attached hydrogens (tertiary/aromatic N) is 1. The summed E-state index contributed by atoms with van der Waals surface area (Å²) >= 11 is 0. The van der Waals surface area contributed by atoms with Gasteiger partial charge >= 0.3 is 0 Å². The number of hydrogen-bond acceptors (Lipinski definition) is 5. The van der Waals surface area contributed by atoms with E-state index in [1.165, 1.54) is 19.1 Å². The van der Waals surface area contributed by atoms with Gasteiger partial charge in [-0.1, -0.05) is 24.0 Å². The number of aldehydes is 1. The number of ether oxygens (including phenoxy) is 1. The maximum Gasteiger partial charge on any atom is 0.242 e. The van der Waals surface area contributed by atoms with E-state index in [0.29, 0.717) is 12.0 Å². The second-order valence-corrected chi connectivity index (χ2v) is 5.49. The molecule has 0 spiro atoms. The number of rotatable bonds is 10. The first-order valence-corrected chi connectivity index (χ1v) is 8.20. The van der Waals surface area contributed by atoms with Crippen LogP contribution in [0.2, 0.25) is 0 Å². The topological polar surface area (TPSA) is 95.9 Å². The Bertz CT molecular complexity index is 665. The molecule has 2 amide bonds. The van der Waals surface area contributed by atoms with Crippen LogP contribution in [0.5, 0.6) is 0 Å². The van der Waals surface area contributed by atoms with E-state index in [-0.39, 0.29) is 31.9 Å². The molecule has 0 aliphatic heterocycles. The minimum Gasteiger partial charge on any atom is -0.384 e. The standard InChI is InChI=1S/C19H24N2O5/c1-20-19(25)17(9-5-11-23)21(14-24)13-18(26-2)16-8-3-6-15(12-16)7-4-10-22/h3,6,8,11-12,14,17-18,22H,5,9-10,13H2,1-2H3,(H,20,25). The monoisotopic (exact) mass is 360 g/mol. The Labute approximate surface area is 153 Å². The summed E-state index contributed by atoms with van der Waals surface area (Å²) in [5, 5.41) is 11.3. The smallest absolute Gasteiger partial charge is 0.242 e. The van der Waals surface area contributed by atoms with Crippen molar-refractivity contribution in [2.75, 3.05) is 27.3 Å². The maximum atomic E-state index is 12.1. The number of aliphatic hydroxyl groups excluding tert-OH is 1. The third-order valence-electron chi connectivity index (χ3n) is 3.87. The van der Waals surface area contributed by atoms with E-state index in [0.717, 1.165) is 11.8 Å². The molecule has 7 heteroatoms. The third kappa shape index (κ3) is 6.31. The SMILES string of the molecule is CNC(=O)C(CCC=O)N(C=O)CC(OC)c1cccc(C#CCO)c1. The molecule has 0 bridgehead atoms. The van der Waals surface area contributed by atoms with E-state index in [2.05, 4.69) is 17.2 Å². The van der Waals surface area contributed by atoms with Crippen LogP contribution in [0.15, 0.2) is 24.3 Å². The molecular weight excluding hydrogens is 336 g/mol. The second-order valence-electron chi connectivity index (χ2n) is 5.49. The summed E-state index contributed by atoms with van der Waals surface area (Å²) in [6.45, 7) is -0.0881. The van der Waals surface area contributed by atoms with E-state index in [9.17, 15) is 14.4 Å². The van der Waals surface area contributed by atoms with Gasteiger partial charge in [-0.25, -0.2) is 0 Å². The number of likely N-dealkylation sites (N-methyl/N-ethyl adjacent to an activating group) is 1. The number of hydrogen-bond donors (Lipinski definition) is 2. The van der Waals surface area contributed by atoms with Gasteiger partial charge in [0.2, 0.25) is 12.3 Å². The minimum atomic E-state index is -0.752. The van der Waals surface area contributed by atoms with Crippen molar-refractivity contribution >= 4 is 18.6 Å². The Morgan fingerprint density at radius 1 is 1.42 bits per heavy atom. The Balaban J connectivity index is 3.02. The summed E-state index contributed by atoms with van der Waals surface area (Å²) in [6, 6.07) is 6.49. The fourth-order valence-electron chi connectivity index (χ4n) is 2.55. The van der Waals surface area contributed by atoms with Crippen molar-refractivity contribution in [2.45, 2.75) is 25.0 Å². The lowest BCUT2D eigenvalue weighted by Gasteiger charge is -2.30. The number of methoxy groups -OCH3 is 1. The molecule has 26 heavy (non-hydrogen) atoms. The largest absolute Gasteiger partial charge is 0.384 e. The Kier molecular flexibility index (Phi) is 9.69. The highest BCUT2D eigenvalue weighted by molar-refractivity contribution is 5.83. The van der Waals surface area contributed by atoms with Crippen LogP contribution in [0, 0.1) is 11.8 Å². The summed E-state index contributed by atoms with van der Waals surface area (Å²) in [4.78, 5) is 35.7. The van der Waals surface area contributed by atoms with Crippen LogP contribution in [0.4, 0.5) is 0 Å². The molecule has 2 unspecified atom stereocenters. The van der Waals surface area contributed by atoms with Gasteiger partial charge in [0.1, 0.15) is 18.9 Å². The van der Waals surface area contributed by atoms with Crippen LogP contribution in [0.25, 0.3) is 0 Å². The van der Waals surface area contributed by atoms with Crippen molar-refractivity contribution in [3.8, 4) is 11.8 Å². The van der Waals surface area contributed by atoms with Crippen LogP contribution in [-0.4, -0.2) is 62.0 Å². The molecule has 2 N–H and O–H groups in total. The van der Waals surface area contributed by atoms with E-state index in [1.54, 1.807) is 18.2 Å². The molecule has 0 aliphatic carbocycles. The van der Waals surface area contributed by atoms with Crippen LogP contribution < -0.4 is 5.32 Å². The second kappa shape index (κ2) is 11.8. The normalized spacial score (nSPS) is 12.3. The lowest BCUT2D eigenvalue weighted by molar-refractivity contribution is -0.134. The van der Waals surface area contributed by atoms with Gasteiger partial charge in [0.25, 0.3) is 0 Å². The lowest BCUT2D eigenvalue weighted by atomic mass is 10.0. The molecule has 1 aromatic rings. The molecule has 7 nitrogen and oxygen atoms in total. The van der Waals surface area contributed by atoms with Crippen molar-refractivity contribution < 1.29 is 24.2 Å². The molecule has 0 aliphatic rings. The highest BCUT2D eigenvalue weighted by atomic mass is 16.5. The predicted molar refractivity (Wildman–Crippen MR) is 96.1 cm³/mol. The van der Waals surface area contributed by atoms with Crippen molar-refractivity contribution in [3.05, 3.63) is 35.4 Å². The van der Waals surface area contributed by atoms with Gasteiger partial charge in [-0.05, 0) is 24.1 Å². The number of amides is 2. The summed E-state index contributed by atoms with van der Waals surface area (Å²) in [5.74, 6) is 5.06. The first-order valence-electron chi connectivity index (χ1n) is 8.20. The zero-order chi connectivity index (χ0) is 19.4. The van der Waals surface area contributed by atoms with Crippen molar-refractivity contribution in [1.29, 1.82) is 0 Å². The molecule has 2 atom stereocenters. The Morgan fingerprint density at radius 3 is 2.77 bits per heavy atom. The molecule has 0 saturated heterocycles. The van der Waals surface area contributed by atoms with E-state index < -0.39 is 12.1 Å². The number of nitrogens with one attached hydrogen (secondary N) is 1. The average molecular weight is 360 g/mol. The van der Waals surface area contributed by atoms with Gasteiger partial charge in [0.05, 0.1) is 12.6 Å². The van der Waals surface area contributed by atoms with Gasteiger partial charge in [0, 0.05) is 26.1 Å². The van der Waals surface area contributed by atoms with Crippen LogP contribution in [0.1, 0.15) is 30.1 Å². The van der Waals surface area contributed by atoms with E-state index in [4.69, 9.17) is 9.84 Å². The zero-order valence-electron chi connectivity index (χ0n) is 15.0. The van der Waals surface area contributed by atoms with E-state index >= 15 is 0 Å². The molecule has 1 aromatic carbocycles. The Hall–Kier alpha value is -2.69. The lowest BCUT2D eigenvalue weighted by Crippen LogP contribution is -2.47. The van der Waals surface area contributed by atoms with Gasteiger partial charge < -0.3 is 24.9 Å². The molecule has 0 saturated carbocycles. The van der Waals surface area contributed by atoms with Crippen molar-refractivity contribution in [1.82, 2.24) is 10.2 Å². The molecule has 0 aromatic heterocycles. The Morgan fingerprint density at radius 2 is 2.19 bits per heavy atom. The van der Waals surface area contributed by atoms with Gasteiger partial charge in [0.15, 0.2) is 0 Å². The molecule has 0 radical (unpaired) electrons. The molecule has 0 heterocycles. The molecule has 1 rings (SSSR count). The first-order chi connectivity index (χ1) is 12.6. The molecule has 140 valence electrons. The highest BCUT2D eigenvalue weighted by Crippen LogP contribution is 2.20. The van der Waals surface area contributed by atoms with Crippen molar-refractivity contribution in [2.24, 2.45) is 0 Å². The molecule has 0 fully saturated rings. The number of benzene rings is 1. The van der Waals surface area contributed by atoms with Gasteiger partial charge in [-0.15, -0.1) is 0 Å². The fourth-order valence-corrected chi connectivity index (χ4v) is 2.55. The first kappa shape index (κ1) is 21.4. The quantitative estimate of drug-likeness (QED) is 0.461. The maximum absolute atomic E-state index is 12.1. The zero-order valence-corrected chi connectivity index (χ0v) is 15.0. The van der Waals surface area contributed by atoms with Crippen LogP contribution in [0.3, 0.4) is 0 Å². The number of aliphatic hydroxyl groups is 1. The van der Waals surface area contributed by atoms with Crippen LogP contribution in [-0.2, 0) is 19.1 Å². The number of carbonyl (C=O) groups is 3. The van der Waals surface area contributed by atoms with Gasteiger partial charge in [-0.2, -0.15) is 0 Å². The average Bonchev–Trinajstić information content (AvgIpc) is 2.68. The van der Waals surface area contributed by atoms with Crippen LogP contribution >= 0.6 is 0 Å². The summed E-state index contributed by atoms with van der Waals surface area (Å²) in [5.41, 5.74) is 1.50. The number of carbonyl (C=O) groups excluding carboxylic acids is 3. The highest BCUT2D eigenvalue weighted by Gasteiger charge is 2.26. The van der Waals surface area contributed by atoms with Gasteiger partial charge in [-0.3, -0.25) is 9.59 Å². The summed E-state index contributed by atoms with van der Waals surface area (Å²) in [6.07, 6.45) is 1.24. The predicted octanol–water partition coefficient (Wildman–Crippen LogP) is 0.270. The fraction of sp³-hybridized carbons (Fsp3) is 0.421. The van der Waals surface area contributed by atoms with E-state index in [1.807, 2.05) is 6.07 Å². The summed E-state index contributed by atoms with van der Waals surface area (Å²) < 4.78 is 5.50.